The Hall–Kier alpha value is -1.47. The van der Waals surface area contributed by atoms with Crippen LogP contribution in [-0.2, 0) is 22.7 Å². The average Bonchev–Trinajstić information content (AvgIpc) is 2.36. The predicted molar refractivity (Wildman–Crippen MR) is 66.1 cm³/mol. The topological polar surface area (TPSA) is 53.7 Å². The lowest BCUT2D eigenvalue weighted by atomic mass is 10.1. The van der Waals surface area contributed by atoms with Gasteiger partial charge in [-0.05, 0) is 18.6 Å². The van der Waals surface area contributed by atoms with Gasteiger partial charge in [-0.25, -0.2) is 0 Å². The fourth-order valence-electron chi connectivity index (χ4n) is 1.99. The third-order valence-corrected chi connectivity index (χ3v) is 2.82. The van der Waals surface area contributed by atoms with Crippen LogP contribution in [0.2, 0.25) is 0 Å². The standard InChI is InChI=1S/C13H16F3NO3/c14-13(15,16)2-1-3-18-6-9-4-11(17)5-10-7-19-8-20-12(9)10/h4-5H,1-3,6-8,17H2. The maximum absolute atomic E-state index is 12.0. The molecule has 0 saturated heterocycles. The van der Waals surface area contributed by atoms with Crippen LogP contribution in [-0.4, -0.2) is 19.6 Å². The predicted octanol–water partition coefficient (Wildman–Crippen LogP) is 2.99. The van der Waals surface area contributed by atoms with Crippen LogP contribution in [0.5, 0.6) is 5.75 Å². The van der Waals surface area contributed by atoms with E-state index in [0.717, 1.165) is 11.1 Å². The van der Waals surface area contributed by atoms with E-state index in [1.54, 1.807) is 12.1 Å². The summed E-state index contributed by atoms with van der Waals surface area (Å²) in [6.45, 7) is 0.768. The van der Waals surface area contributed by atoms with Gasteiger partial charge in [0, 0.05) is 29.8 Å². The molecule has 1 aromatic rings. The molecule has 1 aliphatic rings. The summed E-state index contributed by atoms with van der Waals surface area (Å²) in [6.07, 6.45) is -5.04. The molecule has 0 fully saturated rings. The molecule has 4 nitrogen and oxygen atoms in total. The van der Waals surface area contributed by atoms with Crippen LogP contribution in [0.3, 0.4) is 0 Å². The Kier molecular flexibility index (Phi) is 4.72. The SMILES string of the molecule is Nc1cc(COCCCC(F)(F)F)c2c(c1)COCO2. The molecule has 7 heteroatoms. The van der Waals surface area contributed by atoms with Crippen molar-refractivity contribution in [1.82, 2.24) is 0 Å². The summed E-state index contributed by atoms with van der Waals surface area (Å²) >= 11 is 0. The Morgan fingerprint density at radius 2 is 2.10 bits per heavy atom. The summed E-state index contributed by atoms with van der Waals surface area (Å²) in [5, 5.41) is 0. The highest BCUT2D eigenvalue weighted by Gasteiger charge is 2.26. The minimum atomic E-state index is -4.14. The molecule has 0 aromatic heterocycles. The second-order valence-electron chi connectivity index (χ2n) is 4.55. The van der Waals surface area contributed by atoms with Gasteiger partial charge < -0.3 is 19.9 Å². The van der Waals surface area contributed by atoms with E-state index in [9.17, 15) is 13.2 Å². The first kappa shape index (κ1) is 14.9. The van der Waals surface area contributed by atoms with Crippen LogP contribution >= 0.6 is 0 Å². The van der Waals surface area contributed by atoms with Crippen molar-refractivity contribution in [2.75, 3.05) is 19.1 Å². The largest absolute Gasteiger partial charge is 0.467 e. The van der Waals surface area contributed by atoms with E-state index in [-0.39, 0.29) is 26.4 Å². The molecule has 0 unspecified atom stereocenters. The van der Waals surface area contributed by atoms with Gasteiger partial charge in [0.1, 0.15) is 5.75 Å². The second-order valence-corrected chi connectivity index (χ2v) is 4.55. The third-order valence-electron chi connectivity index (χ3n) is 2.82. The summed E-state index contributed by atoms with van der Waals surface area (Å²) in [5.74, 6) is 0.654. The van der Waals surface area contributed by atoms with Crippen molar-refractivity contribution >= 4 is 5.69 Å². The highest BCUT2D eigenvalue weighted by atomic mass is 19.4. The number of halogens is 3. The zero-order valence-corrected chi connectivity index (χ0v) is 10.8. The molecule has 0 spiro atoms. The number of rotatable bonds is 5. The molecule has 2 N–H and O–H groups in total. The van der Waals surface area contributed by atoms with Gasteiger partial charge in [-0.2, -0.15) is 13.2 Å². The van der Waals surface area contributed by atoms with Gasteiger partial charge >= 0.3 is 6.18 Å². The molecule has 0 bridgehead atoms. The lowest BCUT2D eigenvalue weighted by Crippen LogP contribution is -2.14. The maximum Gasteiger partial charge on any atom is 0.389 e. The van der Waals surface area contributed by atoms with Crippen molar-refractivity contribution < 1.29 is 27.4 Å². The molecular formula is C13H16F3NO3. The molecule has 0 amide bonds. The van der Waals surface area contributed by atoms with E-state index >= 15 is 0 Å². The van der Waals surface area contributed by atoms with Crippen molar-refractivity contribution in [3.8, 4) is 5.75 Å². The Balaban J connectivity index is 1.88. The fraction of sp³-hybridized carbons (Fsp3) is 0.538. The minimum absolute atomic E-state index is 0.0413. The smallest absolute Gasteiger partial charge is 0.389 e. The van der Waals surface area contributed by atoms with E-state index in [1.807, 2.05) is 0 Å². The summed E-state index contributed by atoms with van der Waals surface area (Å²) in [6, 6.07) is 3.45. The third kappa shape index (κ3) is 4.28. The van der Waals surface area contributed by atoms with E-state index in [0.29, 0.717) is 18.0 Å². The van der Waals surface area contributed by atoms with Crippen LogP contribution in [0.4, 0.5) is 18.9 Å². The monoisotopic (exact) mass is 291 g/mol. The average molecular weight is 291 g/mol. The molecule has 2 rings (SSSR count). The van der Waals surface area contributed by atoms with Gasteiger partial charge in [0.15, 0.2) is 6.79 Å². The van der Waals surface area contributed by atoms with Crippen LogP contribution in [0, 0.1) is 0 Å². The number of benzene rings is 1. The van der Waals surface area contributed by atoms with Crippen molar-refractivity contribution in [3.05, 3.63) is 23.3 Å². The van der Waals surface area contributed by atoms with Crippen molar-refractivity contribution in [2.45, 2.75) is 32.2 Å². The first-order valence-corrected chi connectivity index (χ1v) is 6.22. The van der Waals surface area contributed by atoms with Gasteiger partial charge in [0.2, 0.25) is 0 Å². The zero-order valence-electron chi connectivity index (χ0n) is 10.8. The molecule has 1 aromatic carbocycles. The van der Waals surface area contributed by atoms with Crippen LogP contribution in [0.1, 0.15) is 24.0 Å². The van der Waals surface area contributed by atoms with Gasteiger partial charge in [0.05, 0.1) is 13.2 Å². The normalized spacial score (nSPS) is 14.8. The summed E-state index contributed by atoms with van der Waals surface area (Å²) in [4.78, 5) is 0. The molecule has 0 radical (unpaired) electrons. The van der Waals surface area contributed by atoms with Crippen LogP contribution in [0.15, 0.2) is 12.1 Å². The summed E-state index contributed by atoms with van der Waals surface area (Å²) in [7, 11) is 0. The Morgan fingerprint density at radius 1 is 1.30 bits per heavy atom. The lowest BCUT2D eigenvalue weighted by Gasteiger charge is -2.21. The number of anilines is 1. The van der Waals surface area contributed by atoms with E-state index in [2.05, 4.69) is 0 Å². The number of nitrogen functional groups attached to an aromatic ring is 1. The van der Waals surface area contributed by atoms with Gasteiger partial charge in [-0.15, -0.1) is 0 Å². The molecule has 0 saturated carbocycles. The molecule has 0 atom stereocenters. The first-order valence-electron chi connectivity index (χ1n) is 6.22. The minimum Gasteiger partial charge on any atom is -0.467 e. The fourth-order valence-corrected chi connectivity index (χ4v) is 1.99. The van der Waals surface area contributed by atoms with Crippen molar-refractivity contribution in [1.29, 1.82) is 0 Å². The first-order chi connectivity index (χ1) is 9.46. The Morgan fingerprint density at radius 3 is 2.85 bits per heavy atom. The highest BCUT2D eigenvalue weighted by molar-refractivity contribution is 5.53. The van der Waals surface area contributed by atoms with Crippen LogP contribution < -0.4 is 10.5 Å². The number of alkyl halides is 3. The number of nitrogens with two attached hydrogens (primary N) is 1. The highest BCUT2D eigenvalue weighted by Crippen LogP contribution is 2.31. The van der Waals surface area contributed by atoms with Gasteiger partial charge in [-0.3, -0.25) is 0 Å². The summed E-state index contributed by atoms with van der Waals surface area (Å²) < 4.78 is 51.7. The molecule has 0 aliphatic carbocycles. The maximum atomic E-state index is 12.0. The Bertz CT molecular complexity index is 463. The van der Waals surface area contributed by atoms with Gasteiger partial charge in [0.25, 0.3) is 0 Å². The molecule has 20 heavy (non-hydrogen) atoms. The molecule has 1 aliphatic heterocycles. The van der Waals surface area contributed by atoms with E-state index in [4.69, 9.17) is 19.9 Å². The van der Waals surface area contributed by atoms with E-state index in [1.165, 1.54) is 0 Å². The number of hydrogen-bond acceptors (Lipinski definition) is 4. The second kappa shape index (κ2) is 6.32. The van der Waals surface area contributed by atoms with Crippen molar-refractivity contribution in [2.24, 2.45) is 0 Å². The molecule has 1 heterocycles. The summed E-state index contributed by atoms with van der Waals surface area (Å²) in [5.41, 5.74) is 7.86. The number of fused-ring (bicyclic) bond motifs is 1. The molecule has 112 valence electrons. The van der Waals surface area contributed by atoms with Crippen LogP contribution in [0.25, 0.3) is 0 Å². The lowest BCUT2D eigenvalue weighted by molar-refractivity contribution is -0.138. The van der Waals surface area contributed by atoms with E-state index < -0.39 is 12.6 Å². The zero-order chi connectivity index (χ0) is 14.6. The van der Waals surface area contributed by atoms with Gasteiger partial charge in [-0.1, -0.05) is 0 Å². The molecular weight excluding hydrogens is 275 g/mol. The number of hydrogen-bond donors (Lipinski definition) is 1. The number of ether oxygens (including phenoxy) is 3. The Labute approximate surface area is 114 Å². The van der Waals surface area contributed by atoms with Crippen molar-refractivity contribution in [3.63, 3.8) is 0 Å². The quantitative estimate of drug-likeness (QED) is 0.669.